The van der Waals surface area contributed by atoms with Crippen molar-refractivity contribution < 1.29 is 52.7 Å². The van der Waals surface area contributed by atoms with Crippen molar-refractivity contribution in [2.45, 2.75) is 29.9 Å². The Labute approximate surface area is 269 Å². The van der Waals surface area contributed by atoms with E-state index < -0.39 is 67.5 Å². The van der Waals surface area contributed by atoms with Gasteiger partial charge in [-0.05, 0) is 60.5 Å². The Morgan fingerprint density at radius 3 is 2.39 bits per heavy atom. The van der Waals surface area contributed by atoms with Gasteiger partial charge in [-0.2, -0.15) is 21.6 Å². The number of nitrogens with zero attached hydrogens (tertiary/aromatic N) is 2. The quantitative estimate of drug-likeness (QED) is 0.205. The van der Waals surface area contributed by atoms with Crippen LogP contribution in [0, 0.1) is 0 Å². The zero-order valence-corrected chi connectivity index (χ0v) is 26.3. The Hall–Kier alpha value is -3.59. The molecule has 4 aromatic rings. The van der Waals surface area contributed by atoms with Crippen molar-refractivity contribution in [2.24, 2.45) is 0 Å². The zero-order chi connectivity index (χ0) is 33.8. The predicted octanol–water partition coefficient (Wildman–Crippen LogP) is 5.34. The number of ether oxygens (including phenoxy) is 1. The number of halogens is 8. The number of amides is 1. The largest absolute Gasteiger partial charge is 0.573 e. The van der Waals surface area contributed by atoms with Crippen LogP contribution in [0.1, 0.15) is 23.0 Å². The molecule has 246 valence electrons. The first-order valence-corrected chi connectivity index (χ1v) is 16.6. The molecule has 1 aliphatic rings. The van der Waals surface area contributed by atoms with Crippen LogP contribution in [-0.4, -0.2) is 45.6 Å². The SMILES string of the molecule is O=C1CN(c2ccc(C[C@H](NS(=O)(=O)c3ccc(Br)cc3OC(F)(F)F)c3nc4ccc(C(F)(F)F)cc4[nH]3)cc2Cl)S(=O)(=O)N1. The van der Waals surface area contributed by atoms with Crippen molar-refractivity contribution in [2.75, 3.05) is 10.8 Å². The monoisotopic (exact) mass is 775 g/mol. The van der Waals surface area contributed by atoms with Crippen LogP contribution in [0.3, 0.4) is 0 Å². The molecule has 0 radical (unpaired) electrons. The van der Waals surface area contributed by atoms with Crippen LogP contribution in [0.4, 0.5) is 32.0 Å². The van der Waals surface area contributed by atoms with E-state index in [0.717, 1.165) is 36.4 Å². The minimum atomic E-state index is -5.26. The van der Waals surface area contributed by atoms with Gasteiger partial charge in [0, 0.05) is 4.47 Å². The summed E-state index contributed by atoms with van der Waals surface area (Å²) in [7, 11) is -9.10. The van der Waals surface area contributed by atoms with Gasteiger partial charge in [-0.1, -0.05) is 33.6 Å². The van der Waals surface area contributed by atoms with Crippen molar-refractivity contribution in [3.8, 4) is 5.75 Å². The highest BCUT2D eigenvalue weighted by atomic mass is 79.9. The minimum absolute atomic E-state index is 0.0155. The van der Waals surface area contributed by atoms with Crippen molar-refractivity contribution in [1.29, 1.82) is 0 Å². The second-order valence-corrected chi connectivity index (χ2v) is 14.3. The third kappa shape index (κ3) is 7.35. The number of benzene rings is 3. The Bertz CT molecular complexity index is 2080. The van der Waals surface area contributed by atoms with E-state index in [1.165, 1.54) is 18.2 Å². The molecule has 2 heterocycles. The number of carbonyl (C=O) groups excluding carboxylic acids is 1. The molecule has 1 saturated heterocycles. The van der Waals surface area contributed by atoms with Crippen LogP contribution in [0.25, 0.3) is 11.0 Å². The molecule has 1 fully saturated rings. The van der Waals surface area contributed by atoms with E-state index in [0.29, 0.717) is 4.31 Å². The van der Waals surface area contributed by atoms with Gasteiger partial charge in [-0.25, -0.2) is 27.2 Å². The lowest BCUT2D eigenvalue weighted by atomic mass is 10.1. The highest BCUT2D eigenvalue weighted by Gasteiger charge is 2.37. The Morgan fingerprint density at radius 1 is 1.07 bits per heavy atom. The molecule has 3 aromatic carbocycles. The number of fused-ring (bicyclic) bond motifs is 1. The summed E-state index contributed by atoms with van der Waals surface area (Å²) < 4.78 is 140. The summed E-state index contributed by atoms with van der Waals surface area (Å²) in [5, 5.41) is -0.174. The number of anilines is 1. The first-order valence-electron chi connectivity index (χ1n) is 12.5. The third-order valence-corrected chi connectivity index (χ3v) is 10.1. The normalized spacial score (nSPS) is 16.1. The topological polar surface area (TPSA) is 151 Å². The molecule has 1 atom stereocenters. The number of hydrogen-bond acceptors (Lipinski definition) is 7. The molecule has 0 aliphatic carbocycles. The van der Waals surface area contributed by atoms with E-state index in [9.17, 15) is 48.0 Å². The molecule has 3 N–H and O–H groups in total. The summed E-state index contributed by atoms with van der Waals surface area (Å²) in [6, 6.07) is 7.69. The number of sulfonamides is 1. The predicted molar refractivity (Wildman–Crippen MR) is 155 cm³/mol. The number of carbonyl (C=O) groups is 1. The van der Waals surface area contributed by atoms with E-state index in [2.05, 4.69) is 35.4 Å². The Balaban J connectivity index is 1.56. The molecule has 0 unspecified atom stereocenters. The smallest absolute Gasteiger partial charge is 0.404 e. The molecule has 21 heteroatoms. The molecule has 0 bridgehead atoms. The minimum Gasteiger partial charge on any atom is -0.404 e. The van der Waals surface area contributed by atoms with Crippen molar-refractivity contribution in [1.82, 2.24) is 19.4 Å². The van der Waals surface area contributed by atoms with E-state index >= 15 is 0 Å². The van der Waals surface area contributed by atoms with Gasteiger partial charge in [0.15, 0.2) is 5.75 Å². The lowest BCUT2D eigenvalue weighted by Crippen LogP contribution is -2.32. The molecular formula is C25H17BrClF6N5O6S2. The maximum absolute atomic E-state index is 13.5. The number of aromatic amines is 1. The third-order valence-electron chi connectivity index (χ3n) is 6.42. The van der Waals surface area contributed by atoms with Gasteiger partial charge in [-0.15, -0.1) is 13.2 Å². The lowest BCUT2D eigenvalue weighted by molar-refractivity contribution is -0.275. The van der Waals surface area contributed by atoms with E-state index in [4.69, 9.17) is 11.6 Å². The van der Waals surface area contributed by atoms with Crippen LogP contribution in [0.2, 0.25) is 5.02 Å². The molecule has 11 nitrogen and oxygen atoms in total. The molecule has 1 aliphatic heterocycles. The average molecular weight is 777 g/mol. The highest BCUT2D eigenvalue weighted by molar-refractivity contribution is 9.10. The number of hydrogen-bond donors (Lipinski definition) is 3. The number of nitrogens with one attached hydrogen (secondary N) is 3. The van der Waals surface area contributed by atoms with Gasteiger partial charge in [0.2, 0.25) is 10.0 Å². The van der Waals surface area contributed by atoms with Crippen LogP contribution >= 0.6 is 27.5 Å². The van der Waals surface area contributed by atoms with Crippen LogP contribution in [0.15, 0.2) is 64.0 Å². The van der Waals surface area contributed by atoms with E-state index in [-0.39, 0.29) is 44.0 Å². The van der Waals surface area contributed by atoms with Gasteiger partial charge in [0.1, 0.15) is 17.3 Å². The lowest BCUT2D eigenvalue weighted by Gasteiger charge is -2.20. The summed E-state index contributed by atoms with van der Waals surface area (Å²) in [5.41, 5.74) is -0.988. The van der Waals surface area contributed by atoms with Crippen LogP contribution in [0.5, 0.6) is 5.75 Å². The summed E-state index contributed by atoms with van der Waals surface area (Å²) in [6.07, 6.45) is -10.3. The van der Waals surface area contributed by atoms with Crippen molar-refractivity contribution >= 4 is 70.4 Å². The molecule has 1 aromatic heterocycles. The number of aromatic nitrogens is 2. The average Bonchev–Trinajstić information content (AvgIpc) is 3.45. The summed E-state index contributed by atoms with van der Waals surface area (Å²) in [5.74, 6) is -2.10. The second-order valence-electron chi connectivity index (χ2n) is 9.69. The first-order chi connectivity index (χ1) is 21.2. The number of H-pyrrole nitrogens is 1. The molecule has 0 saturated carbocycles. The van der Waals surface area contributed by atoms with Crippen molar-refractivity contribution in [3.63, 3.8) is 0 Å². The molecule has 46 heavy (non-hydrogen) atoms. The van der Waals surface area contributed by atoms with Gasteiger partial charge < -0.3 is 9.72 Å². The summed E-state index contributed by atoms with van der Waals surface area (Å²) in [6.45, 7) is -0.557. The fourth-order valence-corrected chi connectivity index (χ4v) is 7.67. The Kier molecular flexibility index (Phi) is 8.73. The summed E-state index contributed by atoms with van der Waals surface area (Å²) in [4.78, 5) is 17.6. The number of rotatable bonds is 8. The van der Waals surface area contributed by atoms with Gasteiger partial charge in [0.25, 0.3) is 5.91 Å². The van der Waals surface area contributed by atoms with Gasteiger partial charge in [0.05, 0.1) is 33.3 Å². The zero-order valence-electron chi connectivity index (χ0n) is 22.4. The van der Waals surface area contributed by atoms with E-state index in [1.54, 1.807) is 4.72 Å². The summed E-state index contributed by atoms with van der Waals surface area (Å²) >= 11 is 9.28. The van der Waals surface area contributed by atoms with Gasteiger partial charge >= 0.3 is 22.7 Å². The second kappa shape index (κ2) is 11.9. The van der Waals surface area contributed by atoms with Crippen LogP contribution < -0.4 is 18.5 Å². The van der Waals surface area contributed by atoms with E-state index in [1.807, 2.05) is 0 Å². The number of alkyl halides is 6. The fraction of sp³-hybridized carbons (Fsp3) is 0.200. The number of imidazole rings is 1. The Morgan fingerprint density at radius 2 is 1.78 bits per heavy atom. The van der Waals surface area contributed by atoms with Gasteiger partial charge in [-0.3, -0.25) is 4.79 Å². The van der Waals surface area contributed by atoms with Crippen molar-refractivity contribution in [3.05, 3.63) is 81.0 Å². The molecule has 0 spiro atoms. The standard InChI is InChI=1S/C25H17BrClF6N5O6S2/c26-14-3-6-21(20(10-14)44-25(31,32)33)45(40,41)36-18(23-34-16-4-2-13(24(28,29)30)9-17(16)35-23)8-12-1-5-19(15(27)7-12)38-11-22(39)37-46(38,42)43/h1-7,9-10,18,36H,8,11H2,(H,34,35)(H,37,39)/t18-/m0/s1. The van der Waals surface area contributed by atoms with Crippen LogP contribution in [-0.2, 0) is 37.6 Å². The first kappa shape index (κ1) is 33.8. The fourth-order valence-electron chi connectivity index (χ4n) is 4.50. The highest BCUT2D eigenvalue weighted by Crippen LogP contribution is 2.36. The maximum Gasteiger partial charge on any atom is 0.573 e. The molecule has 5 rings (SSSR count). The molecule has 1 amide bonds. The maximum atomic E-state index is 13.5. The molecular weight excluding hydrogens is 760 g/mol.